The highest BCUT2D eigenvalue weighted by Gasteiger charge is 2.30. The van der Waals surface area contributed by atoms with Crippen molar-refractivity contribution in [2.45, 2.75) is 25.7 Å². The Labute approximate surface area is 71.4 Å². The average Bonchev–Trinajstić information content (AvgIpc) is 2.75. The van der Waals surface area contributed by atoms with Crippen LogP contribution in [0.25, 0.3) is 0 Å². The van der Waals surface area contributed by atoms with E-state index in [4.69, 9.17) is 0 Å². The number of ketones is 1. The Morgan fingerprint density at radius 3 is 2.83 bits per heavy atom. The van der Waals surface area contributed by atoms with Crippen LogP contribution in [0.3, 0.4) is 0 Å². The van der Waals surface area contributed by atoms with Crippen molar-refractivity contribution < 1.29 is 4.79 Å². The fraction of sp³-hybridized carbons (Fsp3) is 0.556. The number of carbonyl (C=O) groups excluding carboxylic acids is 1. The Morgan fingerprint density at radius 1 is 1.67 bits per heavy atom. The van der Waals surface area contributed by atoms with Crippen molar-refractivity contribution in [3.05, 3.63) is 17.5 Å². The molecule has 0 unspecified atom stereocenters. The molecule has 0 radical (unpaired) electrons. The van der Waals surface area contributed by atoms with Crippen molar-refractivity contribution in [1.29, 1.82) is 0 Å². The molecule has 1 heterocycles. The summed E-state index contributed by atoms with van der Waals surface area (Å²) in [6.45, 7) is 1.60. The van der Waals surface area contributed by atoms with Gasteiger partial charge in [-0.1, -0.05) is 0 Å². The maximum Gasteiger partial charge on any atom is 0.163 e. The van der Waals surface area contributed by atoms with Crippen molar-refractivity contribution in [3.8, 4) is 0 Å². The average molecular weight is 164 g/mol. The lowest BCUT2D eigenvalue weighted by molar-refractivity contribution is 0.101. The summed E-state index contributed by atoms with van der Waals surface area (Å²) in [5.41, 5.74) is 1.93. The molecule has 3 heteroatoms. The second kappa shape index (κ2) is 2.44. The van der Waals surface area contributed by atoms with Gasteiger partial charge in [0.1, 0.15) is 0 Å². The van der Waals surface area contributed by atoms with E-state index in [9.17, 15) is 4.79 Å². The van der Waals surface area contributed by atoms with Crippen molar-refractivity contribution in [1.82, 2.24) is 9.78 Å². The van der Waals surface area contributed by atoms with Gasteiger partial charge < -0.3 is 0 Å². The lowest BCUT2D eigenvalue weighted by atomic mass is 10.1. The molecule has 64 valence electrons. The van der Waals surface area contributed by atoms with E-state index < -0.39 is 0 Å². The molecule has 1 saturated carbocycles. The van der Waals surface area contributed by atoms with E-state index in [0.717, 1.165) is 11.3 Å². The van der Waals surface area contributed by atoms with Crippen molar-refractivity contribution >= 4 is 5.78 Å². The lowest BCUT2D eigenvalue weighted by Gasteiger charge is -2.00. The monoisotopic (exact) mass is 164 g/mol. The number of rotatable bonds is 2. The van der Waals surface area contributed by atoms with Crippen LogP contribution in [0.2, 0.25) is 0 Å². The fourth-order valence-electron chi connectivity index (χ4n) is 1.56. The maximum atomic E-state index is 11.2. The first-order valence-electron chi connectivity index (χ1n) is 4.23. The third kappa shape index (κ3) is 1.05. The second-order valence-electron chi connectivity index (χ2n) is 3.40. The van der Waals surface area contributed by atoms with Crippen LogP contribution in [0.15, 0.2) is 6.20 Å². The summed E-state index contributed by atoms with van der Waals surface area (Å²) in [6, 6.07) is 0. The van der Waals surface area contributed by atoms with Gasteiger partial charge in [0.2, 0.25) is 0 Å². The van der Waals surface area contributed by atoms with Gasteiger partial charge in [-0.3, -0.25) is 9.48 Å². The van der Waals surface area contributed by atoms with Crippen LogP contribution in [0.1, 0.15) is 41.7 Å². The largest absolute Gasteiger partial charge is 0.294 e. The van der Waals surface area contributed by atoms with Gasteiger partial charge >= 0.3 is 0 Å². The minimum atomic E-state index is 0.130. The van der Waals surface area contributed by atoms with Crippen LogP contribution in [-0.2, 0) is 7.05 Å². The standard InChI is InChI=1S/C9H12N2O/c1-6(12)8-5-10-11(2)9(8)7-3-4-7/h5,7H,3-4H2,1-2H3. The molecule has 0 atom stereocenters. The van der Waals surface area contributed by atoms with Crippen LogP contribution in [0.5, 0.6) is 0 Å². The molecule has 1 aromatic rings. The zero-order valence-corrected chi connectivity index (χ0v) is 7.37. The molecule has 0 amide bonds. The third-order valence-corrected chi connectivity index (χ3v) is 2.33. The quantitative estimate of drug-likeness (QED) is 0.621. The summed E-state index contributed by atoms with van der Waals surface area (Å²) in [5, 5.41) is 4.09. The lowest BCUT2D eigenvalue weighted by Crippen LogP contribution is -2.01. The van der Waals surface area contributed by atoms with Crippen molar-refractivity contribution in [3.63, 3.8) is 0 Å². The Kier molecular flexibility index (Phi) is 1.53. The van der Waals surface area contributed by atoms with Crippen LogP contribution in [0.4, 0.5) is 0 Å². The van der Waals surface area contributed by atoms with E-state index in [1.54, 1.807) is 13.1 Å². The van der Waals surface area contributed by atoms with E-state index >= 15 is 0 Å². The van der Waals surface area contributed by atoms with Crippen LogP contribution < -0.4 is 0 Å². The molecule has 1 aliphatic carbocycles. The van der Waals surface area contributed by atoms with E-state index in [2.05, 4.69) is 5.10 Å². The molecular formula is C9H12N2O. The summed E-state index contributed by atoms with van der Waals surface area (Å²) in [4.78, 5) is 11.2. The minimum Gasteiger partial charge on any atom is -0.294 e. The molecule has 1 fully saturated rings. The zero-order chi connectivity index (χ0) is 8.72. The summed E-state index contributed by atoms with van der Waals surface area (Å²) >= 11 is 0. The van der Waals surface area contributed by atoms with Crippen LogP contribution >= 0.6 is 0 Å². The maximum absolute atomic E-state index is 11.2. The SMILES string of the molecule is CC(=O)c1cnn(C)c1C1CC1. The van der Waals surface area contributed by atoms with E-state index in [1.807, 2.05) is 11.7 Å². The van der Waals surface area contributed by atoms with Gasteiger partial charge in [-0.15, -0.1) is 0 Å². The Balaban J connectivity index is 2.46. The zero-order valence-electron chi connectivity index (χ0n) is 7.37. The summed E-state index contributed by atoms with van der Waals surface area (Å²) in [7, 11) is 1.90. The predicted octanol–water partition coefficient (Wildman–Crippen LogP) is 1.50. The van der Waals surface area contributed by atoms with E-state index in [0.29, 0.717) is 5.92 Å². The minimum absolute atomic E-state index is 0.130. The number of aromatic nitrogens is 2. The molecule has 0 N–H and O–H groups in total. The molecule has 0 spiro atoms. The number of hydrogen-bond donors (Lipinski definition) is 0. The Bertz CT molecular complexity index is 323. The van der Waals surface area contributed by atoms with Gasteiger partial charge in [0.25, 0.3) is 0 Å². The van der Waals surface area contributed by atoms with Gasteiger partial charge in [0.15, 0.2) is 5.78 Å². The van der Waals surface area contributed by atoms with Gasteiger partial charge in [-0.05, 0) is 19.8 Å². The molecule has 0 saturated heterocycles. The molecular weight excluding hydrogens is 152 g/mol. The van der Waals surface area contributed by atoms with Crippen LogP contribution in [0, 0.1) is 0 Å². The second-order valence-corrected chi connectivity index (χ2v) is 3.40. The van der Waals surface area contributed by atoms with Crippen molar-refractivity contribution in [2.75, 3.05) is 0 Å². The molecule has 12 heavy (non-hydrogen) atoms. The third-order valence-electron chi connectivity index (χ3n) is 2.33. The Morgan fingerprint density at radius 2 is 2.33 bits per heavy atom. The number of Topliss-reactive ketones (excluding diaryl/α,β-unsaturated/α-hetero) is 1. The van der Waals surface area contributed by atoms with Gasteiger partial charge in [0, 0.05) is 13.0 Å². The van der Waals surface area contributed by atoms with Gasteiger partial charge in [0.05, 0.1) is 17.5 Å². The van der Waals surface area contributed by atoms with E-state index in [-0.39, 0.29) is 5.78 Å². The summed E-state index contributed by atoms with van der Waals surface area (Å²) in [5.74, 6) is 0.724. The molecule has 2 rings (SSSR count). The smallest absolute Gasteiger partial charge is 0.163 e. The number of hydrogen-bond acceptors (Lipinski definition) is 2. The first-order valence-corrected chi connectivity index (χ1v) is 4.23. The number of carbonyl (C=O) groups is 1. The fourth-order valence-corrected chi connectivity index (χ4v) is 1.56. The molecule has 1 aromatic heterocycles. The number of nitrogens with zero attached hydrogens (tertiary/aromatic N) is 2. The first kappa shape index (κ1) is 7.53. The number of aryl methyl sites for hydroxylation is 1. The molecule has 3 nitrogen and oxygen atoms in total. The first-order chi connectivity index (χ1) is 5.70. The highest BCUT2D eigenvalue weighted by Crippen LogP contribution is 2.41. The van der Waals surface area contributed by atoms with Gasteiger partial charge in [-0.25, -0.2) is 0 Å². The molecule has 0 aliphatic heterocycles. The summed E-state index contributed by atoms with van der Waals surface area (Å²) in [6.07, 6.45) is 4.09. The molecule has 0 aromatic carbocycles. The van der Waals surface area contributed by atoms with Gasteiger partial charge in [-0.2, -0.15) is 5.10 Å². The Hall–Kier alpha value is -1.12. The van der Waals surface area contributed by atoms with E-state index in [1.165, 1.54) is 12.8 Å². The molecule has 0 bridgehead atoms. The molecule has 1 aliphatic rings. The van der Waals surface area contributed by atoms with Crippen molar-refractivity contribution in [2.24, 2.45) is 7.05 Å². The predicted molar refractivity (Wildman–Crippen MR) is 45.2 cm³/mol. The highest BCUT2D eigenvalue weighted by molar-refractivity contribution is 5.95. The highest BCUT2D eigenvalue weighted by atomic mass is 16.1. The van der Waals surface area contributed by atoms with Crippen LogP contribution in [-0.4, -0.2) is 15.6 Å². The topological polar surface area (TPSA) is 34.9 Å². The normalized spacial score (nSPS) is 16.5. The summed E-state index contributed by atoms with van der Waals surface area (Å²) < 4.78 is 1.83.